The fourth-order valence-electron chi connectivity index (χ4n) is 2.66. The van der Waals surface area contributed by atoms with Crippen LogP contribution in [0.4, 0.5) is 0 Å². The zero-order valence-corrected chi connectivity index (χ0v) is 17.3. The first-order valence-electron chi connectivity index (χ1n) is 9.54. The highest BCUT2D eigenvalue weighted by atomic mass is 16.4. The number of carbonyl (C=O) groups is 5. The van der Waals surface area contributed by atoms with Crippen LogP contribution in [0.2, 0.25) is 0 Å². The number of carboxylic acids is 2. The maximum atomic E-state index is 12.8. The van der Waals surface area contributed by atoms with E-state index >= 15 is 0 Å². The second-order valence-electron chi connectivity index (χ2n) is 7.35. The van der Waals surface area contributed by atoms with E-state index < -0.39 is 60.8 Å². The van der Waals surface area contributed by atoms with Gasteiger partial charge in [0, 0.05) is 18.3 Å². The molecule has 0 aliphatic heterocycles. The minimum atomic E-state index is -1.55. The summed E-state index contributed by atoms with van der Waals surface area (Å²) in [5, 5.41) is 24.5. The minimum Gasteiger partial charge on any atom is -0.481 e. The lowest BCUT2D eigenvalue weighted by Crippen LogP contribution is -2.57. The van der Waals surface area contributed by atoms with Crippen molar-refractivity contribution in [1.82, 2.24) is 25.9 Å². The zero-order chi connectivity index (χ0) is 23.6. The summed E-state index contributed by atoms with van der Waals surface area (Å²) in [5.74, 6) is -4.99. The number of nitrogens with one attached hydrogen (secondary N) is 4. The Morgan fingerprint density at radius 2 is 1.68 bits per heavy atom. The Morgan fingerprint density at radius 3 is 2.19 bits per heavy atom. The van der Waals surface area contributed by atoms with Crippen molar-refractivity contribution >= 4 is 29.7 Å². The second-order valence-corrected chi connectivity index (χ2v) is 7.35. The van der Waals surface area contributed by atoms with Crippen LogP contribution < -0.4 is 21.7 Å². The maximum absolute atomic E-state index is 12.8. The first-order chi connectivity index (χ1) is 14.5. The SMILES string of the molecule is CC(C)CC(N)C(=O)NC(Cc1cnc[nH]1)C(=O)NC(CC(=O)O)C(=O)NCC(=O)O. The first kappa shape index (κ1) is 25.6. The molecule has 3 amide bonds. The molecule has 0 bridgehead atoms. The highest BCUT2D eigenvalue weighted by Crippen LogP contribution is 2.05. The molecule has 3 unspecified atom stereocenters. The summed E-state index contributed by atoms with van der Waals surface area (Å²) in [7, 11) is 0. The van der Waals surface area contributed by atoms with Crippen LogP contribution in [0.15, 0.2) is 12.5 Å². The van der Waals surface area contributed by atoms with Gasteiger partial charge in [0.05, 0.1) is 18.8 Å². The van der Waals surface area contributed by atoms with Crippen LogP contribution in [0.25, 0.3) is 0 Å². The molecule has 0 radical (unpaired) electrons. The van der Waals surface area contributed by atoms with E-state index in [1.165, 1.54) is 12.5 Å². The van der Waals surface area contributed by atoms with E-state index in [9.17, 15) is 24.0 Å². The Morgan fingerprint density at radius 1 is 1.03 bits per heavy atom. The minimum absolute atomic E-state index is 0.0253. The number of H-pyrrole nitrogens is 1. The second kappa shape index (κ2) is 12.3. The van der Waals surface area contributed by atoms with E-state index in [1.807, 2.05) is 19.2 Å². The maximum Gasteiger partial charge on any atom is 0.322 e. The summed E-state index contributed by atoms with van der Waals surface area (Å²) in [6, 6.07) is -3.60. The van der Waals surface area contributed by atoms with Gasteiger partial charge in [-0.2, -0.15) is 0 Å². The molecule has 31 heavy (non-hydrogen) atoms. The summed E-state index contributed by atoms with van der Waals surface area (Å²) >= 11 is 0. The van der Waals surface area contributed by atoms with Crippen molar-refractivity contribution in [2.45, 2.75) is 51.2 Å². The highest BCUT2D eigenvalue weighted by molar-refractivity contribution is 5.95. The van der Waals surface area contributed by atoms with Gasteiger partial charge in [0.25, 0.3) is 0 Å². The van der Waals surface area contributed by atoms with Crippen LogP contribution in [0.5, 0.6) is 0 Å². The molecule has 0 aliphatic rings. The van der Waals surface area contributed by atoms with Gasteiger partial charge in [-0.3, -0.25) is 24.0 Å². The summed E-state index contributed by atoms with van der Waals surface area (Å²) in [6.07, 6.45) is 2.39. The molecule has 3 atom stereocenters. The monoisotopic (exact) mass is 440 g/mol. The molecule has 0 spiro atoms. The number of aromatic amines is 1. The number of amides is 3. The van der Waals surface area contributed by atoms with Gasteiger partial charge in [-0.25, -0.2) is 4.98 Å². The Balaban J connectivity index is 2.96. The van der Waals surface area contributed by atoms with Crippen LogP contribution in [0.3, 0.4) is 0 Å². The molecular weight excluding hydrogens is 412 g/mol. The Labute approximate surface area is 178 Å². The Hall–Kier alpha value is -3.48. The predicted octanol–water partition coefficient (Wildman–Crippen LogP) is -2.03. The molecule has 0 aromatic carbocycles. The summed E-state index contributed by atoms with van der Waals surface area (Å²) in [6.45, 7) is 3.02. The van der Waals surface area contributed by atoms with Crippen molar-refractivity contribution in [1.29, 1.82) is 0 Å². The number of nitrogens with two attached hydrogens (primary N) is 1. The third kappa shape index (κ3) is 9.71. The van der Waals surface area contributed by atoms with Crippen LogP contribution in [0.1, 0.15) is 32.4 Å². The summed E-state index contributed by atoms with van der Waals surface area (Å²) in [4.78, 5) is 65.7. The lowest BCUT2D eigenvalue weighted by molar-refractivity contribution is -0.141. The number of hydrogen-bond donors (Lipinski definition) is 7. The number of imidazole rings is 1. The van der Waals surface area contributed by atoms with E-state index in [1.54, 1.807) is 0 Å². The zero-order valence-electron chi connectivity index (χ0n) is 17.3. The van der Waals surface area contributed by atoms with Gasteiger partial charge in [0.1, 0.15) is 18.6 Å². The number of rotatable bonds is 13. The van der Waals surface area contributed by atoms with E-state index in [0.29, 0.717) is 12.1 Å². The molecule has 172 valence electrons. The number of carbonyl (C=O) groups excluding carboxylic acids is 3. The number of aromatic nitrogens is 2. The molecule has 0 saturated carbocycles. The topological polar surface area (TPSA) is 217 Å². The average molecular weight is 440 g/mol. The lowest BCUT2D eigenvalue weighted by atomic mass is 10.0. The van der Waals surface area contributed by atoms with Crippen molar-refractivity contribution in [3.05, 3.63) is 18.2 Å². The molecule has 1 rings (SSSR count). The van der Waals surface area contributed by atoms with Crippen LogP contribution in [0, 0.1) is 5.92 Å². The van der Waals surface area contributed by atoms with Crippen molar-refractivity contribution < 1.29 is 34.2 Å². The molecule has 0 fully saturated rings. The molecule has 1 aromatic heterocycles. The Bertz CT molecular complexity index is 780. The number of aliphatic carboxylic acids is 2. The molecule has 8 N–H and O–H groups in total. The lowest BCUT2D eigenvalue weighted by Gasteiger charge is -2.23. The molecule has 13 nitrogen and oxygen atoms in total. The highest BCUT2D eigenvalue weighted by Gasteiger charge is 2.30. The average Bonchev–Trinajstić information content (AvgIpc) is 3.17. The largest absolute Gasteiger partial charge is 0.481 e. The standard InChI is InChI=1S/C18H28N6O7/c1-9(2)3-11(19)16(29)23-12(4-10-6-20-8-22-10)18(31)24-13(5-14(25)26)17(30)21-7-15(27)28/h6,8-9,11-13H,3-5,7,19H2,1-2H3,(H,20,22)(H,21,30)(H,23,29)(H,24,31)(H,25,26)(H,27,28). The normalized spacial score (nSPS) is 13.7. The number of nitrogens with zero attached hydrogens (tertiary/aromatic N) is 1. The predicted molar refractivity (Wildman–Crippen MR) is 106 cm³/mol. The fraction of sp³-hybridized carbons (Fsp3) is 0.556. The molecular formula is C18H28N6O7. The van der Waals surface area contributed by atoms with Crippen LogP contribution >= 0.6 is 0 Å². The van der Waals surface area contributed by atoms with Crippen molar-refractivity contribution in [3.63, 3.8) is 0 Å². The van der Waals surface area contributed by atoms with Crippen molar-refractivity contribution in [2.24, 2.45) is 11.7 Å². The van der Waals surface area contributed by atoms with Crippen molar-refractivity contribution in [2.75, 3.05) is 6.54 Å². The van der Waals surface area contributed by atoms with E-state index in [-0.39, 0.29) is 12.3 Å². The molecule has 1 heterocycles. The van der Waals surface area contributed by atoms with Crippen LogP contribution in [-0.2, 0) is 30.4 Å². The third-order valence-electron chi connectivity index (χ3n) is 4.10. The van der Waals surface area contributed by atoms with Crippen molar-refractivity contribution in [3.8, 4) is 0 Å². The summed E-state index contributed by atoms with van der Waals surface area (Å²) in [5.41, 5.74) is 6.36. The molecule has 1 aromatic rings. The Kier molecular flexibility index (Phi) is 10.1. The van der Waals surface area contributed by atoms with Gasteiger partial charge in [0.15, 0.2) is 0 Å². The molecule has 0 aliphatic carbocycles. The quantitative estimate of drug-likeness (QED) is 0.180. The first-order valence-corrected chi connectivity index (χ1v) is 9.54. The smallest absolute Gasteiger partial charge is 0.322 e. The van der Waals surface area contributed by atoms with Gasteiger partial charge in [-0.1, -0.05) is 13.8 Å². The number of hydrogen-bond acceptors (Lipinski definition) is 7. The van der Waals surface area contributed by atoms with Gasteiger partial charge < -0.3 is 36.9 Å². The van der Waals surface area contributed by atoms with E-state index in [2.05, 4.69) is 20.6 Å². The third-order valence-corrected chi connectivity index (χ3v) is 4.10. The van der Waals surface area contributed by atoms with Crippen LogP contribution in [-0.4, -0.2) is 74.5 Å². The summed E-state index contributed by atoms with van der Waals surface area (Å²) < 4.78 is 0. The molecule has 0 saturated heterocycles. The number of carboxylic acid groups (broad SMARTS) is 2. The van der Waals surface area contributed by atoms with E-state index in [4.69, 9.17) is 15.9 Å². The van der Waals surface area contributed by atoms with E-state index in [0.717, 1.165) is 0 Å². The fourth-order valence-corrected chi connectivity index (χ4v) is 2.66. The van der Waals surface area contributed by atoms with Gasteiger partial charge >= 0.3 is 11.9 Å². The van der Waals surface area contributed by atoms with Gasteiger partial charge in [0.2, 0.25) is 17.7 Å². The van der Waals surface area contributed by atoms with Gasteiger partial charge in [-0.15, -0.1) is 0 Å². The van der Waals surface area contributed by atoms with Gasteiger partial charge in [-0.05, 0) is 12.3 Å². The molecule has 13 heteroatoms.